The lowest BCUT2D eigenvalue weighted by Gasteiger charge is -2.10. The molecule has 6 nitrogen and oxygen atoms in total. The van der Waals surface area contributed by atoms with Gasteiger partial charge < -0.3 is 14.5 Å². The second-order valence-electron chi connectivity index (χ2n) is 5.48. The minimum atomic E-state index is -0.252. The average Bonchev–Trinajstić information content (AvgIpc) is 2.91. The van der Waals surface area contributed by atoms with Crippen LogP contribution in [-0.2, 0) is 5.41 Å². The molecule has 0 aliphatic rings. The predicted octanol–water partition coefficient (Wildman–Crippen LogP) is 2.20. The van der Waals surface area contributed by atoms with E-state index in [1.807, 2.05) is 39.0 Å². The largest absolute Gasteiger partial charge is 0.334 e. The lowest BCUT2D eigenvalue weighted by atomic mass is 9.96. The van der Waals surface area contributed by atoms with Gasteiger partial charge in [-0.1, -0.05) is 32.0 Å². The fourth-order valence-corrected chi connectivity index (χ4v) is 1.87. The molecule has 0 aliphatic carbocycles. The van der Waals surface area contributed by atoms with Gasteiger partial charge >= 0.3 is 5.69 Å². The molecule has 0 saturated carbocycles. The van der Waals surface area contributed by atoms with Crippen molar-refractivity contribution >= 4 is 11.0 Å². The van der Waals surface area contributed by atoms with Gasteiger partial charge in [0.15, 0.2) is 5.82 Å². The maximum Gasteiger partial charge on any atom is 0.323 e. The average molecular weight is 258 g/mol. The number of hydrogen-bond acceptors (Lipinski definition) is 4. The smallest absolute Gasteiger partial charge is 0.323 e. The number of aromatic amines is 2. The van der Waals surface area contributed by atoms with Crippen molar-refractivity contribution in [3.63, 3.8) is 0 Å². The summed E-state index contributed by atoms with van der Waals surface area (Å²) < 4.78 is 5.30. The molecule has 0 fully saturated rings. The van der Waals surface area contributed by atoms with Gasteiger partial charge in [-0.25, -0.2) is 4.79 Å². The summed E-state index contributed by atoms with van der Waals surface area (Å²) in [7, 11) is 0. The second-order valence-corrected chi connectivity index (χ2v) is 5.48. The third-order valence-electron chi connectivity index (χ3n) is 2.88. The SMILES string of the molecule is CC(C)(C)c1noc(-c2cccc3[nH]c(=O)[nH]c23)n1. The molecule has 19 heavy (non-hydrogen) atoms. The number of benzene rings is 1. The van der Waals surface area contributed by atoms with E-state index in [0.29, 0.717) is 17.2 Å². The molecule has 0 atom stereocenters. The highest BCUT2D eigenvalue weighted by Gasteiger charge is 2.22. The molecule has 2 aromatic heterocycles. The van der Waals surface area contributed by atoms with E-state index in [9.17, 15) is 4.79 Å². The minimum Gasteiger partial charge on any atom is -0.334 e. The molecule has 2 N–H and O–H groups in total. The number of nitrogens with one attached hydrogen (secondary N) is 2. The summed E-state index contributed by atoms with van der Waals surface area (Å²) >= 11 is 0. The molecule has 0 amide bonds. The first-order valence-electron chi connectivity index (χ1n) is 6.01. The Morgan fingerprint density at radius 2 is 2.00 bits per heavy atom. The van der Waals surface area contributed by atoms with Crippen LogP contribution in [0.2, 0.25) is 0 Å². The second kappa shape index (κ2) is 3.81. The number of rotatable bonds is 1. The Balaban J connectivity index is 2.19. The van der Waals surface area contributed by atoms with Crippen molar-refractivity contribution < 1.29 is 4.52 Å². The summed E-state index contributed by atoms with van der Waals surface area (Å²) in [5.74, 6) is 1.04. The van der Waals surface area contributed by atoms with Crippen LogP contribution in [-0.4, -0.2) is 20.1 Å². The summed E-state index contributed by atoms with van der Waals surface area (Å²) in [6.45, 7) is 6.04. The Kier molecular flexibility index (Phi) is 2.35. The molecular weight excluding hydrogens is 244 g/mol. The third kappa shape index (κ3) is 1.95. The van der Waals surface area contributed by atoms with E-state index < -0.39 is 0 Å². The van der Waals surface area contributed by atoms with Crippen molar-refractivity contribution in [1.82, 2.24) is 20.1 Å². The Morgan fingerprint density at radius 3 is 2.68 bits per heavy atom. The summed E-state index contributed by atoms with van der Waals surface area (Å²) in [5, 5.41) is 3.99. The number of H-pyrrole nitrogens is 2. The maximum absolute atomic E-state index is 11.4. The van der Waals surface area contributed by atoms with Gasteiger partial charge in [0.2, 0.25) is 0 Å². The van der Waals surface area contributed by atoms with Gasteiger partial charge in [-0.05, 0) is 12.1 Å². The van der Waals surface area contributed by atoms with Crippen LogP contribution in [0.1, 0.15) is 26.6 Å². The molecule has 0 bridgehead atoms. The lowest BCUT2D eigenvalue weighted by molar-refractivity contribution is 0.402. The van der Waals surface area contributed by atoms with Crippen molar-refractivity contribution in [2.24, 2.45) is 0 Å². The highest BCUT2D eigenvalue weighted by atomic mass is 16.5. The molecule has 98 valence electrons. The zero-order chi connectivity index (χ0) is 13.6. The van der Waals surface area contributed by atoms with Gasteiger partial charge in [0.1, 0.15) is 0 Å². The fraction of sp³-hybridized carbons (Fsp3) is 0.308. The first-order valence-corrected chi connectivity index (χ1v) is 6.01. The zero-order valence-corrected chi connectivity index (χ0v) is 10.9. The molecule has 2 heterocycles. The highest BCUT2D eigenvalue weighted by molar-refractivity contribution is 5.89. The van der Waals surface area contributed by atoms with Crippen molar-refractivity contribution in [1.29, 1.82) is 0 Å². The minimum absolute atomic E-state index is 0.179. The zero-order valence-electron chi connectivity index (χ0n) is 10.9. The number of imidazole rings is 1. The molecule has 1 aromatic carbocycles. The van der Waals surface area contributed by atoms with Crippen LogP contribution in [0.4, 0.5) is 0 Å². The van der Waals surface area contributed by atoms with E-state index in [2.05, 4.69) is 20.1 Å². The van der Waals surface area contributed by atoms with Gasteiger partial charge in [0.25, 0.3) is 5.89 Å². The molecule has 3 rings (SSSR count). The van der Waals surface area contributed by atoms with E-state index in [-0.39, 0.29) is 11.1 Å². The Labute approximate surface area is 108 Å². The van der Waals surface area contributed by atoms with Crippen LogP contribution in [0.3, 0.4) is 0 Å². The fourth-order valence-electron chi connectivity index (χ4n) is 1.87. The van der Waals surface area contributed by atoms with Gasteiger partial charge in [-0.2, -0.15) is 4.98 Å². The number of fused-ring (bicyclic) bond motifs is 1. The molecule has 0 radical (unpaired) electrons. The standard InChI is InChI=1S/C13H14N4O2/c1-13(2,3)11-16-10(19-17-11)7-5-4-6-8-9(7)15-12(18)14-8/h4-6H,1-3H3,(H2,14,15,18). The quantitative estimate of drug-likeness (QED) is 0.700. The van der Waals surface area contributed by atoms with E-state index in [4.69, 9.17) is 4.52 Å². The third-order valence-corrected chi connectivity index (χ3v) is 2.88. The normalized spacial score (nSPS) is 12.2. The molecule has 0 unspecified atom stereocenters. The van der Waals surface area contributed by atoms with Gasteiger partial charge in [0.05, 0.1) is 16.6 Å². The maximum atomic E-state index is 11.4. The summed E-state index contributed by atoms with van der Waals surface area (Å²) in [6.07, 6.45) is 0. The predicted molar refractivity (Wildman–Crippen MR) is 70.9 cm³/mol. The first kappa shape index (κ1) is 11.7. The highest BCUT2D eigenvalue weighted by Crippen LogP contribution is 2.27. The Morgan fingerprint density at radius 1 is 1.21 bits per heavy atom. The van der Waals surface area contributed by atoms with Crippen LogP contribution in [0, 0.1) is 0 Å². The van der Waals surface area contributed by atoms with E-state index in [0.717, 1.165) is 11.1 Å². The van der Waals surface area contributed by atoms with E-state index in [1.165, 1.54) is 0 Å². The summed E-state index contributed by atoms with van der Waals surface area (Å²) in [6, 6.07) is 5.49. The molecule has 0 saturated heterocycles. The number of hydrogen-bond donors (Lipinski definition) is 2. The van der Waals surface area contributed by atoms with Crippen molar-refractivity contribution in [3.8, 4) is 11.5 Å². The monoisotopic (exact) mass is 258 g/mol. The van der Waals surface area contributed by atoms with E-state index >= 15 is 0 Å². The van der Waals surface area contributed by atoms with Crippen molar-refractivity contribution in [3.05, 3.63) is 34.5 Å². The van der Waals surface area contributed by atoms with E-state index in [1.54, 1.807) is 0 Å². The van der Waals surface area contributed by atoms with Gasteiger partial charge in [0, 0.05) is 5.41 Å². The number of para-hydroxylation sites is 1. The number of aromatic nitrogens is 4. The molecule has 0 spiro atoms. The summed E-state index contributed by atoms with van der Waals surface area (Å²) in [4.78, 5) is 21.2. The number of nitrogens with zero attached hydrogens (tertiary/aromatic N) is 2. The van der Waals surface area contributed by atoms with Crippen molar-refractivity contribution in [2.45, 2.75) is 26.2 Å². The van der Waals surface area contributed by atoms with Crippen LogP contribution >= 0.6 is 0 Å². The van der Waals surface area contributed by atoms with Crippen LogP contribution < -0.4 is 5.69 Å². The lowest BCUT2D eigenvalue weighted by Crippen LogP contribution is -2.13. The van der Waals surface area contributed by atoms with Crippen molar-refractivity contribution in [2.75, 3.05) is 0 Å². The van der Waals surface area contributed by atoms with Crippen LogP contribution in [0.5, 0.6) is 0 Å². The molecule has 3 aromatic rings. The van der Waals surface area contributed by atoms with Crippen LogP contribution in [0.25, 0.3) is 22.5 Å². The van der Waals surface area contributed by atoms with Gasteiger partial charge in [-0.3, -0.25) is 0 Å². The first-order chi connectivity index (χ1) is 8.95. The Hall–Kier alpha value is -2.37. The Bertz CT molecular complexity index is 789. The molecule has 6 heteroatoms. The topological polar surface area (TPSA) is 87.6 Å². The van der Waals surface area contributed by atoms with Crippen LogP contribution in [0.15, 0.2) is 27.5 Å². The molecular formula is C13H14N4O2. The van der Waals surface area contributed by atoms with Gasteiger partial charge in [-0.15, -0.1) is 0 Å². The molecule has 0 aliphatic heterocycles. The summed E-state index contributed by atoms with van der Waals surface area (Å²) in [5.41, 5.74) is 1.69.